The molecule has 6 atom stereocenters. The van der Waals surface area contributed by atoms with Crippen molar-refractivity contribution in [1.82, 2.24) is 25.4 Å². The first-order valence-corrected chi connectivity index (χ1v) is 23.0. The maximum absolute atomic E-state index is 15.0. The van der Waals surface area contributed by atoms with Crippen molar-refractivity contribution in [2.45, 2.75) is 176 Å². The number of carboxylic acid groups (broad SMARTS) is 1. The molecular formula is C46H73FN6O7S. The van der Waals surface area contributed by atoms with Gasteiger partial charge in [-0.15, -0.1) is 11.3 Å². The molecule has 2 aromatic rings. The number of amides is 3. The molecule has 1 aromatic heterocycles. The number of carbonyl (C=O) groups excluding carboxylic acids is 4. The van der Waals surface area contributed by atoms with Crippen LogP contribution >= 0.6 is 11.3 Å². The fourth-order valence-electron chi connectivity index (χ4n) is 8.40. The van der Waals surface area contributed by atoms with Gasteiger partial charge in [0.05, 0.1) is 16.6 Å². The molecular weight excluding hydrogens is 800 g/mol. The summed E-state index contributed by atoms with van der Waals surface area (Å²) in [5.41, 5.74) is 4.27. The topological polar surface area (TPSA) is 184 Å². The lowest BCUT2D eigenvalue weighted by atomic mass is 9.84. The minimum absolute atomic E-state index is 0.0230. The highest BCUT2D eigenvalue weighted by atomic mass is 32.1. The van der Waals surface area contributed by atoms with Crippen LogP contribution in [0.3, 0.4) is 0 Å². The highest BCUT2D eigenvalue weighted by Crippen LogP contribution is 2.34. The summed E-state index contributed by atoms with van der Waals surface area (Å²) in [6.07, 6.45) is 5.44. The standard InChI is InChI=1S/C46H73FN6O7S/c1-12-14-15-16-21-52(42(56)39(30(7)13-2)51-43(57)46(11)20-17-22-53(46)29(5)6)37(28(3)4)25-38(60-31(8)54)41-50-36(27-61-41)40(55)49-33(26-45(9,10)44(58)59)23-32-18-19-35(48)34(47)24-32/h18-19,24,27-30,33,37-39H,12-17,20-23,25-26,48H2,1-11H3,(H,49,55)(H,51,57)(H,58,59)/t30-,33-,37+,38+,39-,46+/m0/s1. The Labute approximate surface area is 367 Å². The van der Waals surface area contributed by atoms with E-state index in [1.54, 1.807) is 25.3 Å². The van der Waals surface area contributed by atoms with E-state index in [-0.39, 0.29) is 60.3 Å². The third-order valence-electron chi connectivity index (χ3n) is 12.3. The molecule has 3 rings (SSSR count). The minimum Gasteiger partial charge on any atom is -0.481 e. The molecule has 61 heavy (non-hydrogen) atoms. The number of anilines is 1. The van der Waals surface area contributed by atoms with E-state index in [4.69, 9.17) is 10.5 Å². The molecule has 1 aromatic carbocycles. The maximum atomic E-state index is 15.0. The molecule has 1 saturated heterocycles. The van der Waals surface area contributed by atoms with Crippen LogP contribution in [0.25, 0.3) is 0 Å². The van der Waals surface area contributed by atoms with Gasteiger partial charge in [0, 0.05) is 43.4 Å². The summed E-state index contributed by atoms with van der Waals surface area (Å²) in [5, 5.41) is 17.9. The number of esters is 1. The molecule has 342 valence electrons. The zero-order chi connectivity index (χ0) is 45.8. The lowest BCUT2D eigenvalue weighted by molar-refractivity contribution is -0.150. The van der Waals surface area contributed by atoms with E-state index >= 15 is 4.79 Å². The van der Waals surface area contributed by atoms with Crippen LogP contribution in [0, 0.1) is 23.1 Å². The number of carbonyl (C=O) groups is 5. The van der Waals surface area contributed by atoms with Gasteiger partial charge in [0.15, 0.2) is 6.10 Å². The number of unbranched alkanes of at least 4 members (excludes halogenated alkanes) is 3. The lowest BCUT2D eigenvalue weighted by Crippen LogP contribution is -2.62. The van der Waals surface area contributed by atoms with E-state index in [1.807, 2.05) is 39.5 Å². The van der Waals surface area contributed by atoms with E-state index in [2.05, 4.69) is 41.3 Å². The van der Waals surface area contributed by atoms with Crippen LogP contribution in [0.5, 0.6) is 0 Å². The van der Waals surface area contributed by atoms with Crippen molar-refractivity contribution in [2.24, 2.45) is 17.3 Å². The predicted octanol–water partition coefficient (Wildman–Crippen LogP) is 7.93. The summed E-state index contributed by atoms with van der Waals surface area (Å²) in [4.78, 5) is 76.5. The summed E-state index contributed by atoms with van der Waals surface area (Å²) in [6.45, 7) is 22.0. The first kappa shape index (κ1) is 51.2. The summed E-state index contributed by atoms with van der Waals surface area (Å²) in [6, 6.07) is 2.58. The van der Waals surface area contributed by atoms with Crippen molar-refractivity contribution < 1.29 is 38.2 Å². The molecule has 0 spiro atoms. The van der Waals surface area contributed by atoms with E-state index in [0.717, 1.165) is 50.0 Å². The van der Waals surface area contributed by atoms with Gasteiger partial charge in [-0.25, -0.2) is 9.37 Å². The summed E-state index contributed by atoms with van der Waals surface area (Å²) < 4.78 is 20.3. The van der Waals surface area contributed by atoms with E-state index < -0.39 is 58.8 Å². The molecule has 0 radical (unpaired) electrons. The predicted molar refractivity (Wildman–Crippen MR) is 238 cm³/mol. The molecule has 2 heterocycles. The number of nitrogens with one attached hydrogen (secondary N) is 2. The summed E-state index contributed by atoms with van der Waals surface area (Å²) >= 11 is 1.15. The number of aromatic nitrogens is 1. The number of hydrogen-bond acceptors (Lipinski definition) is 10. The zero-order valence-corrected chi connectivity index (χ0v) is 39.3. The van der Waals surface area contributed by atoms with Gasteiger partial charge >= 0.3 is 11.9 Å². The number of nitrogens with two attached hydrogens (primary N) is 1. The molecule has 15 heteroatoms. The van der Waals surface area contributed by atoms with Gasteiger partial charge < -0.3 is 31.1 Å². The van der Waals surface area contributed by atoms with Crippen LogP contribution in [-0.2, 0) is 30.3 Å². The van der Waals surface area contributed by atoms with E-state index in [0.29, 0.717) is 30.0 Å². The Kier molecular flexibility index (Phi) is 19.2. The molecule has 0 saturated carbocycles. The number of ether oxygens (including phenoxy) is 1. The minimum atomic E-state index is -1.22. The molecule has 0 unspecified atom stereocenters. The quantitative estimate of drug-likeness (QED) is 0.0459. The second kappa shape index (κ2) is 22.8. The Morgan fingerprint density at radius 1 is 1.08 bits per heavy atom. The number of hydrogen-bond donors (Lipinski definition) is 4. The molecule has 0 aliphatic carbocycles. The Bertz CT molecular complexity index is 1800. The average Bonchev–Trinajstić information content (AvgIpc) is 3.84. The number of thiazole rings is 1. The maximum Gasteiger partial charge on any atom is 0.309 e. The van der Waals surface area contributed by atoms with Crippen LogP contribution in [-0.4, -0.2) is 92.3 Å². The SMILES string of the molecule is CCCCCCN(C(=O)[C@@H](NC(=O)[C@@]1(C)CCCN1C(C)C)[C@@H](C)CC)[C@H](C[C@@H](OC(C)=O)c1nc(C(=O)N[C@@H](Cc2ccc(N)c(F)c2)CC(C)(C)C(=O)O)cs1)C(C)C. The molecule has 1 aliphatic heterocycles. The first-order valence-electron chi connectivity index (χ1n) is 22.1. The van der Waals surface area contributed by atoms with E-state index in [1.165, 1.54) is 19.1 Å². The van der Waals surface area contributed by atoms with Crippen LogP contribution in [0.2, 0.25) is 0 Å². The fourth-order valence-corrected chi connectivity index (χ4v) is 9.24. The highest BCUT2D eigenvalue weighted by molar-refractivity contribution is 7.09. The van der Waals surface area contributed by atoms with Crippen molar-refractivity contribution in [1.29, 1.82) is 0 Å². The van der Waals surface area contributed by atoms with Gasteiger partial charge in [-0.3, -0.25) is 28.9 Å². The Morgan fingerprint density at radius 3 is 2.34 bits per heavy atom. The van der Waals surface area contributed by atoms with Crippen LogP contribution in [0.4, 0.5) is 10.1 Å². The monoisotopic (exact) mass is 873 g/mol. The zero-order valence-electron chi connectivity index (χ0n) is 38.4. The van der Waals surface area contributed by atoms with Crippen molar-refractivity contribution in [3.05, 3.63) is 45.7 Å². The lowest BCUT2D eigenvalue weighted by Gasteiger charge is -2.41. The highest BCUT2D eigenvalue weighted by Gasteiger charge is 2.46. The van der Waals surface area contributed by atoms with Gasteiger partial charge in [-0.2, -0.15) is 0 Å². The van der Waals surface area contributed by atoms with Crippen LogP contribution < -0.4 is 16.4 Å². The normalized spacial score (nSPS) is 18.3. The second-order valence-electron chi connectivity index (χ2n) is 18.4. The summed E-state index contributed by atoms with van der Waals surface area (Å²) in [7, 11) is 0. The number of nitrogen functional groups attached to an aromatic ring is 1. The Morgan fingerprint density at radius 2 is 1.77 bits per heavy atom. The van der Waals surface area contributed by atoms with Gasteiger partial charge in [-0.1, -0.05) is 66.4 Å². The van der Waals surface area contributed by atoms with Crippen molar-refractivity contribution in [2.75, 3.05) is 18.8 Å². The number of halogens is 1. The smallest absolute Gasteiger partial charge is 0.309 e. The molecule has 3 amide bonds. The second-order valence-corrected chi connectivity index (χ2v) is 19.3. The number of carboxylic acids is 1. The number of nitrogens with zero attached hydrogens (tertiary/aromatic N) is 3. The third kappa shape index (κ3) is 13.9. The first-order chi connectivity index (χ1) is 28.6. The molecule has 1 fully saturated rings. The molecule has 13 nitrogen and oxygen atoms in total. The van der Waals surface area contributed by atoms with Crippen molar-refractivity contribution >= 4 is 46.7 Å². The Balaban J connectivity index is 1.98. The van der Waals surface area contributed by atoms with Gasteiger partial charge in [-0.05, 0) is 103 Å². The fraction of sp³-hybridized carbons (Fsp3) is 0.696. The average molecular weight is 873 g/mol. The van der Waals surface area contributed by atoms with Crippen molar-refractivity contribution in [3.63, 3.8) is 0 Å². The number of benzene rings is 1. The summed E-state index contributed by atoms with van der Waals surface area (Å²) in [5.74, 6) is -3.36. The number of rotatable bonds is 24. The largest absolute Gasteiger partial charge is 0.481 e. The van der Waals surface area contributed by atoms with Crippen LogP contribution in [0.15, 0.2) is 23.6 Å². The van der Waals surface area contributed by atoms with Crippen molar-refractivity contribution in [3.8, 4) is 0 Å². The molecule has 5 N–H and O–H groups in total. The number of likely N-dealkylation sites (tertiary alicyclic amines) is 1. The molecule has 0 bridgehead atoms. The van der Waals surface area contributed by atoms with Gasteiger partial charge in [0.1, 0.15) is 22.6 Å². The Hall–Kier alpha value is -4.11. The third-order valence-corrected chi connectivity index (χ3v) is 13.2. The van der Waals surface area contributed by atoms with Gasteiger partial charge in [0.25, 0.3) is 5.91 Å². The van der Waals surface area contributed by atoms with E-state index in [9.17, 15) is 28.7 Å². The van der Waals surface area contributed by atoms with Gasteiger partial charge in [0.2, 0.25) is 11.8 Å². The van der Waals surface area contributed by atoms with Crippen LogP contribution in [0.1, 0.15) is 161 Å². The number of aliphatic carboxylic acids is 1. The molecule has 1 aliphatic rings.